The number of rotatable bonds is 4. The van der Waals surface area contributed by atoms with Crippen LogP contribution in [0, 0.1) is 0 Å². The molecular weight excluding hydrogens is 246 g/mol. The van der Waals surface area contributed by atoms with Gasteiger partial charge < -0.3 is 10.4 Å². The largest absolute Gasteiger partial charge is 0.396 e. The second kappa shape index (κ2) is 5.84. The summed E-state index contributed by atoms with van der Waals surface area (Å²) in [7, 11) is 0. The Labute approximate surface area is 122 Å². The van der Waals surface area contributed by atoms with Crippen molar-refractivity contribution in [1.29, 1.82) is 0 Å². The number of hydrogen-bond donors (Lipinski definition) is 2. The molecule has 0 fully saturated rings. The van der Waals surface area contributed by atoms with Crippen molar-refractivity contribution in [2.45, 2.75) is 46.1 Å². The molecule has 2 nitrogen and oxygen atoms in total. The maximum Gasteiger partial charge on any atom is 0.0434 e. The molecule has 1 aliphatic rings. The Bertz CT molecular complexity index is 547. The van der Waals surface area contributed by atoms with E-state index in [1.165, 1.54) is 28.0 Å². The maximum absolute atomic E-state index is 9.05. The molecule has 0 amide bonds. The van der Waals surface area contributed by atoms with Crippen LogP contribution >= 0.6 is 0 Å². The topological polar surface area (TPSA) is 32.3 Å². The number of allylic oxidation sites excluding steroid dienone is 2. The molecule has 108 valence electrons. The van der Waals surface area contributed by atoms with Crippen molar-refractivity contribution in [2.75, 3.05) is 6.61 Å². The maximum atomic E-state index is 9.05. The predicted molar refractivity (Wildman–Crippen MR) is 86.2 cm³/mol. The normalized spacial score (nSPS) is 16.8. The van der Waals surface area contributed by atoms with Gasteiger partial charge in [-0.1, -0.05) is 29.8 Å². The first-order valence-electron chi connectivity index (χ1n) is 7.32. The quantitative estimate of drug-likeness (QED) is 0.868. The van der Waals surface area contributed by atoms with Crippen LogP contribution in [-0.2, 0) is 0 Å². The first-order valence-corrected chi connectivity index (χ1v) is 7.32. The standard InChI is InChI=1S/C18H25NO/c1-13(8-7-11-20)17-15-10-6-5-9-14(15)12-16(17)19-18(2,3)4/h5-6,9-10,12,19-20H,7-8,11H2,1-4H3. The first kappa shape index (κ1) is 14.9. The molecular formula is C18H25NO. The summed E-state index contributed by atoms with van der Waals surface area (Å²) in [6, 6.07) is 8.51. The van der Waals surface area contributed by atoms with E-state index in [1.54, 1.807) is 0 Å². The van der Waals surface area contributed by atoms with Gasteiger partial charge in [-0.3, -0.25) is 0 Å². The van der Waals surface area contributed by atoms with E-state index < -0.39 is 0 Å². The molecule has 0 heterocycles. The Kier molecular flexibility index (Phi) is 4.34. The summed E-state index contributed by atoms with van der Waals surface area (Å²) in [4.78, 5) is 0. The Morgan fingerprint density at radius 3 is 2.55 bits per heavy atom. The average molecular weight is 271 g/mol. The lowest BCUT2D eigenvalue weighted by molar-refractivity contribution is 0.288. The number of aliphatic hydroxyl groups is 1. The molecule has 0 radical (unpaired) electrons. The molecule has 1 aromatic carbocycles. The van der Waals surface area contributed by atoms with E-state index in [1.807, 2.05) is 0 Å². The minimum absolute atomic E-state index is 0.0381. The summed E-state index contributed by atoms with van der Waals surface area (Å²) in [5.74, 6) is 0. The van der Waals surface area contributed by atoms with Crippen molar-refractivity contribution in [3.8, 4) is 0 Å². The van der Waals surface area contributed by atoms with Gasteiger partial charge in [0, 0.05) is 23.4 Å². The minimum atomic E-state index is 0.0381. The third-order valence-electron chi connectivity index (χ3n) is 3.45. The summed E-state index contributed by atoms with van der Waals surface area (Å²) in [5.41, 5.74) is 6.47. The smallest absolute Gasteiger partial charge is 0.0434 e. The Morgan fingerprint density at radius 2 is 1.90 bits per heavy atom. The Balaban J connectivity index is 2.41. The van der Waals surface area contributed by atoms with Crippen LogP contribution in [0.2, 0.25) is 0 Å². The second-order valence-corrected chi connectivity index (χ2v) is 6.50. The molecule has 0 saturated carbocycles. The molecule has 2 rings (SSSR count). The van der Waals surface area contributed by atoms with E-state index in [0.29, 0.717) is 0 Å². The molecule has 0 spiro atoms. The molecule has 20 heavy (non-hydrogen) atoms. The lowest BCUT2D eigenvalue weighted by atomic mass is 9.96. The molecule has 0 bridgehead atoms. The van der Waals surface area contributed by atoms with Gasteiger partial charge in [-0.2, -0.15) is 0 Å². The SMILES string of the molecule is CC(CCCO)=C1C(NC(C)(C)C)=Cc2ccccc21. The summed E-state index contributed by atoms with van der Waals surface area (Å²) in [6.45, 7) is 8.95. The van der Waals surface area contributed by atoms with Gasteiger partial charge in [-0.05, 0) is 57.7 Å². The van der Waals surface area contributed by atoms with Crippen molar-refractivity contribution in [2.24, 2.45) is 0 Å². The molecule has 0 aliphatic heterocycles. The number of benzene rings is 1. The number of hydrogen-bond acceptors (Lipinski definition) is 2. The van der Waals surface area contributed by atoms with Crippen molar-refractivity contribution >= 4 is 11.6 Å². The number of aliphatic hydroxyl groups excluding tert-OH is 1. The number of fused-ring (bicyclic) bond motifs is 1. The Hall–Kier alpha value is -1.54. The van der Waals surface area contributed by atoms with Crippen LogP contribution in [0.3, 0.4) is 0 Å². The van der Waals surface area contributed by atoms with Gasteiger partial charge in [0.2, 0.25) is 0 Å². The molecule has 1 aliphatic carbocycles. The average Bonchev–Trinajstić information content (AvgIpc) is 2.71. The van der Waals surface area contributed by atoms with Gasteiger partial charge in [-0.15, -0.1) is 0 Å². The fourth-order valence-electron chi connectivity index (χ4n) is 2.65. The molecule has 0 unspecified atom stereocenters. The molecule has 0 aromatic heterocycles. The number of nitrogens with one attached hydrogen (secondary N) is 1. The van der Waals surface area contributed by atoms with Crippen LogP contribution < -0.4 is 5.32 Å². The molecule has 0 saturated heterocycles. The summed E-state index contributed by atoms with van der Waals surface area (Å²) in [5, 5.41) is 12.7. The summed E-state index contributed by atoms with van der Waals surface area (Å²) >= 11 is 0. The molecule has 1 aromatic rings. The fourth-order valence-corrected chi connectivity index (χ4v) is 2.65. The van der Waals surface area contributed by atoms with Gasteiger partial charge >= 0.3 is 0 Å². The van der Waals surface area contributed by atoms with Crippen molar-refractivity contribution in [1.82, 2.24) is 5.32 Å². The zero-order chi connectivity index (χ0) is 14.8. The lowest BCUT2D eigenvalue weighted by Gasteiger charge is -2.25. The van der Waals surface area contributed by atoms with Crippen LogP contribution in [0.25, 0.3) is 11.6 Å². The fraction of sp³-hybridized carbons (Fsp3) is 0.444. The van der Waals surface area contributed by atoms with Gasteiger partial charge in [0.05, 0.1) is 0 Å². The highest BCUT2D eigenvalue weighted by Gasteiger charge is 2.23. The highest BCUT2D eigenvalue weighted by Crippen LogP contribution is 2.38. The van der Waals surface area contributed by atoms with Crippen molar-refractivity contribution < 1.29 is 5.11 Å². The zero-order valence-corrected chi connectivity index (χ0v) is 13.0. The monoisotopic (exact) mass is 271 g/mol. The van der Waals surface area contributed by atoms with Gasteiger partial charge in [0.1, 0.15) is 0 Å². The Morgan fingerprint density at radius 1 is 1.20 bits per heavy atom. The van der Waals surface area contributed by atoms with E-state index in [2.05, 4.69) is 63.4 Å². The van der Waals surface area contributed by atoms with E-state index in [4.69, 9.17) is 5.11 Å². The lowest BCUT2D eigenvalue weighted by Crippen LogP contribution is -2.34. The van der Waals surface area contributed by atoms with Crippen LogP contribution in [0.1, 0.15) is 51.7 Å². The first-order chi connectivity index (χ1) is 9.42. The molecule has 0 atom stereocenters. The van der Waals surface area contributed by atoms with Crippen LogP contribution in [0.5, 0.6) is 0 Å². The van der Waals surface area contributed by atoms with Gasteiger partial charge in [0.15, 0.2) is 0 Å². The van der Waals surface area contributed by atoms with E-state index >= 15 is 0 Å². The zero-order valence-electron chi connectivity index (χ0n) is 13.0. The highest BCUT2D eigenvalue weighted by atomic mass is 16.2. The van der Waals surface area contributed by atoms with Crippen molar-refractivity contribution in [3.63, 3.8) is 0 Å². The molecule has 2 N–H and O–H groups in total. The van der Waals surface area contributed by atoms with Crippen LogP contribution in [0.15, 0.2) is 35.5 Å². The van der Waals surface area contributed by atoms with Crippen LogP contribution in [0.4, 0.5) is 0 Å². The van der Waals surface area contributed by atoms with E-state index in [0.717, 1.165) is 12.8 Å². The third kappa shape index (κ3) is 3.31. The van der Waals surface area contributed by atoms with Gasteiger partial charge in [-0.25, -0.2) is 0 Å². The second-order valence-electron chi connectivity index (χ2n) is 6.50. The van der Waals surface area contributed by atoms with Crippen molar-refractivity contribution in [3.05, 3.63) is 46.7 Å². The minimum Gasteiger partial charge on any atom is -0.396 e. The van der Waals surface area contributed by atoms with E-state index in [-0.39, 0.29) is 12.1 Å². The van der Waals surface area contributed by atoms with Gasteiger partial charge in [0.25, 0.3) is 0 Å². The highest BCUT2D eigenvalue weighted by molar-refractivity contribution is 5.95. The van der Waals surface area contributed by atoms with E-state index in [9.17, 15) is 0 Å². The summed E-state index contributed by atoms with van der Waals surface area (Å²) < 4.78 is 0. The summed E-state index contributed by atoms with van der Waals surface area (Å²) in [6.07, 6.45) is 3.99. The third-order valence-corrected chi connectivity index (χ3v) is 3.45. The molecule has 2 heteroatoms. The predicted octanol–water partition coefficient (Wildman–Crippen LogP) is 3.98. The van der Waals surface area contributed by atoms with Crippen LogP contribution in [-0.4, -0.2) is 17.3 Å².